The normalized spacial score (nSPS) is 16.0. The van der Waals surface area contributed by atoms with E-state index in [1.165, 1.54) is 12.6 Å². The van der Waals surface area contributed by atoms with E-state index in [4.69, 9.17) is 5.73 Å². The van der Waals surface area contributed by atoms with Crippen LogP contribution in [0.2, 0.25) is 0 Å². The maximum absolute atomic E-state index is 14.8. The molecule has 0 saturated heterocycles. The zero-order valence-corrected chi connectivity index (χ0v) is 12.4. The molecule has 0 heterocycles. The van der Waals surface area contributed by atoms with E-state index >= 15 is 0 Å². The first kappa shape index (κ1) is 15.2. The van der Waals surface area contributed by atoms with Crippen molar-refractivity contribution in [1.82, 2.24) is 0 Å². The summed E-state index contributed by atoms with van der Waals surface area (Å²) >= 11 is 0. The van der Waals surface area contributed by atoms with Crippen molar-refractivity contribution in [2.75, 3.05) is 0 Å². The first-order valence-electron chi connectivity index (χ1n) is 7.18. The number of nitrogens with zero attached hydrogens (tertiary/aromatic N) is 1. The van der Waals surface area contributed by atoms with Crippen LogP contribution in [0.1, 0.15) is 48.8 Å². The summed E-state index contributed by atoms with van der Waals surface area (Å²) in [5, 5.41) is 0. The fourth-order valence-corrected chi connectivity index (χ4v) is 2.54. The van der Waals surface area contributed by atoms with E-state index in [2.05, 4.69) is 18.2 Å². The van der Waals surface area contributed by atoms with Gasteiger partial charge in [-0.25, -0.2) is 4.39 Å². The van der Waals surface area contributed by atoms with Gasteiger partial charge in [0.25, 0.3) is 0 Å². The molecule has 2 rings (SSSR count). The van der Waals surface area contributed by atoms with E-state index in [0.29, 0.717) is 28.4 Å². The van der Waals surface area contributed by atoms with Gasteiger partial charge in [0.15, 0.2) is 0 Å². The van der Waals surface area contributed by atoms with Crippen LogP contribution in [0.3, 0.4) is 0 Å². The highest BCUT2D eigenvalue weighted by molar-refractivity contribution is 5.83. The Morgan fingerprint density at radius 1 is 1.43 bits per heavy atom. The molecule has 0 amide bonds. The molecule has 1 saturated carbocycles. The van der Waals surface area contributed by atoms with Crippen LogP contribution in [0.25, 0.3) is 11.8 Å². The lowest BCUT2D eigenvalue weighted by molar-refractivity contribution is 0.417. The predicted molar refractivity (Wildman–Crippen MR) is 88.6 cm³/mol. The lowest BCUT2D eigenvalue weighted by Gasteiger charge is -2.28. The Hall–Kier alpha value is -2.16. The minimum absolute atomic E-state index is 0.262. The van der Waals surface area contributed by atoms with Crippen LogP contribution < -0.4 is 5.73 Å². The Morgan fingerprint density at radius 2 is 2.14 bits per heavy atom. The van der Waals surface area contributed by atoms with Crippen LogP contribution in [0.5, 0.6) is 0 Å². The van der Waals surface area contributed by atoms with Crippen molar-refractivity contribution in [1.29, 1.82) is 0 Å². The Kier molecular flexibility index (Phi) is 4.73. The SMILES string of the molecule is C=Cc1c(C2CCC2)ccc(C(=C/C)/N=C\C(=C)N)c1F. The molecule has 2 N–H and O–H groups in total. The Balaban J connectivity index is 2.45. The monoisotopic (exact) mass is 284 g/mol. The predicted octanol–water partition coefficient (Wildman–Crippen LogP) is 4.64. The minimum Gasteiger partial charge on any atom is -0.398 e. The molecule has 0 aliphatic heterocycles. The minimum atomic E-state index is -0.262. The summed E-state index contributed by atoms with van der Waals surface area (Å²) in [6, 6.07) is 3.79. The van der Waals surface area contributed by atoms with E-state index in [-0.39, 0.29) is 5.82 Å². The van der Waals surface area contributed by atoms with Crippen LogP contribution in [-0.2, 0) is 0 Å². The molecule has 1 aliphatic rings. The average molecular weight is 284 g/mol. The average Bonchev–Trinajstić information content (AvgIpc) is 2.39. The van der Waals surface area contributed by atoms with Gasteiger partial charge in [-0.1, -0.05) is 37.8 Å². The van der Waals surface area contributed by atoms with Crippen molar-refractivity contribution in [2.24, 2.45) is 10.7 Å². The third-order valence-corrected chi connectivity index (χ3v) is 3.88. The lowest BCUT2D eigenvalue weighted by Crippen LogP contribution is -2.11. The highest BCUT2D eigenvalue weighted by Crippen LogP contribution is 2.40. The smallest absolute Gasteiger partial charge is 0.140 e. The molecule has 1 aromatic rings. The highest BCUT2D eigenvalue weighted by atomic mass is 19.1. The van der Waals surface area contributed by atoms with Crippen molar-refractivity contribution in [3.05, 3.63) is 59.6 Å². The van der Waals surface area contributed by atoms with Gasteiger partial charge in [0.1, 0.15) is 5.82 Å². The molecule has 1 fully saturated rings. The molecule has 3 heteroatoms. The second-order valence-corrected chi connectivity index (χ2v) is 5.27. The number of benzene rings is 1. The van der Waals surface area contributed by atoms with Crippen molar-refractivity contribution < 1.29 is 4.39 Å². The van der Waals surface area contributed by atoms with Gasteiger partial charge < -0.3 is 5.73 Å². The summed E-state index contributed by atoms with van der Waals surface area (Å²) in [7, 11) is 0. The maximum Gasteiger partial charge on any atom is 0.140 e. The molecular weight excluding hydrogens is 263 g/mol. The van der Waals surface area contributed by atoms with E-state index in [1.807, 2.05) is 13.0 Å². The Bertz CT molecular complexity index is 622. The van der Waals surface area contributed by atoms with E-state index < -0.39 is 0 Å². The second-order valence-electron chi connectivity index (χ2n) is 5.27. The first-order chi connectivity index (χ1) is 10.1. The van der Waals surface area contributed by atoms with Gasteiger partial charge in [-0.15, -0.1) is 0 Å². The van der Waals surface area contributed by atoms with Gasteiger partial charge in [-0.2, -0.15) is 0 Å². The number of rotatable bonds is 5. The van der Waals surface area contributed by atoms with Crippen LogP contribution in [-0.4, -0.2) is 6.21 Å². The van der Waals surface area contributed by atoms with Crippen LogP contribution in [0, 0.1) is 5.82 Å². The summed E-state index contributed by atoms with van der Waals surface area (Å²) in [6.45, 7) is 9.14. The van der Waals surface area contributed by atoms with Gasteiger partial charge in [0, 0.05) is 23.0 Å². The van der Waals surface area contributed by atoms with Gasteiger partial charge >= 0.3 is 0 Å². The summed E-state index contributed by atoms with van der Waals surface area (Å²) < 4.78 is 14.8. The van der Waals surface area contributed by atoms with Gasteiger partial charge in [0.2, 0.25) is 0 Å². The third kappa shape index (κ3) is 3.13. The molecule has 0 bridgehead atoms. The summed E-state index contributed by atoms with van der Waals surface area (Å²) in [5.74, 6) is 0.199. The van der Waals surface area contributed by atoms with Crippen LogP contribution in [0.4, 0.5) is 4.39 Å². The molecule has 1 aromatic carbocycles. The molecule has 0 unspecified atom stereocenters. The molecular formula is C18H21FN2. The lowest BCUT2D eigenvalue weighted by atomic mass is 9.77. The van der Waals surface area contributed by atoms with Crippen molar-refractivity contribution in [3.63, 3.8) is 0 Å². The molecule has 0 radical (unpaired) electrons. The summed E-state index contributed by atoms with van der Waals surface area (Å²) in [5.41, 5.74) is 8.47. The zero-order valence-electron chi connectivity index (χ0n) is 12.4. The van der Waals surface area contributed by atoms with E-state index in [0.717, 1.165) is 18.4 Å². The third-order valence-electron chi connectivity index (χ3n) is 3.88. The van der Waals surface area contributed by atoms with Crippen molar-refractivity contribution >= 4 is 18.0 Å². The van der Waals surface area contributed by atoms with Gasteiger partial charge in [0.05, 0.1) is 5.70 Å². The standard InChI is InChI=1S/C18H21FN2/c1-4-14-15(13-7-6-8-13)9-10-16(18(14)19)17(5-2)21-11-12(3)20/h4-5,9-11,13H,1,3,6-8,20H2,2H3/b17-5-,21-11-. The summed E-state index contributed by atoms with van der Waals surface area (Å²) in [6.07, 6.45) is 8.26. The molecule has 1 aliphatic carbocycles. The van der Waals surface area contributed by atoms with E-state index in [1.54, 1.807) is 18.2 Å². The number of hydrogen-bond donors (Lipinski definition) is 1. The number of hydrogen-bond acceptors (Lipinski definition) is 2. The van der Waals surface area contributed by atoms with Gasteiger partial charge in [-0.05, 0) is 37.3 Å². The zero-order chi connectivity index (χ0) is 15.4. The Labute approximate surface area is 125 Å². The fourth-order valence-electron chi connectivity index (χ4n) is 2.54. The quantitative estimate of drug-likeness (QED) is 0.786. The van der Waals surface area contributed by atoms with Crippen molar-refractivity contribution in [3.8, 4) is 0 Å². The second kappa shape index (κ2) is 6.53. The molecule has 0 aromatic heterocycles. The highest BCUT2D eigenvalue weighted by Gasteiger charge is 2.24. The molecule has 0 spiro atoms. The van der Waals surface area contributed by atoms with E-state index in [9.17, 15) is 4.39 Å². The largest absolute Gasteiger partial charge is 0.398 e. The van der Waals surface area contributed by atoms with Crippen molar-refractivity contribution in [2.45, 2.75) is 32.1 Å². The van der Waals surface area contributed by atoms with Crippen LogP contribution >= 0.6 is 0 Å². The molecule has 21 heavy (non-hydrogen) atoms. The number of halogens is 1. The maximum atomic E-state index is 14.8. The number of allylic oxidation sites excluding steroid dienone is 2. The van der Waals surface area contributed by atoms with Crippen LogP contribution in [0.15, 0.2) is 42.1 Å². The Morgan fingerprint density at radius 3 is 2.62 bits per heavy atom. The topological polar surface area (TPSA) is 38.4 Å². The fraction of sp³-hybridized carbons (Fsp3) is 0.278. The molecule has 110 valence electrons. The summed E-state index contributed by atoms with van der Waals surface area (Å²) in [4.78, 5) is 4.19. The molecule has 2 nitrogen and oxygen atoms in total. The van der Waals surface area contributed by atoms with Gasteiger partial charge in [-0.3, -0.25) is 4.99 Å². The number of nitrogens with two attached hydrogens (primary N) is 1. The first-order valence-corrected chi connectivity index (χ1v) is 7.18. The molecule has 0 atom stereocenters. The number of aliphatic imine (C=N–C) groups is 1.